The van der Waals surface area contributed by atoms with Crippen molar-refractivity contribution in [3.63, 3.8) is 0 Å². The van der Waals surface area contributed by atoms with Crippen LogP contribution < -0.4 is 10.2 Å². The molecule has 2 N–H and O–H groups in total. The van der Waals surface area contributed by atoms with Crippen LogP contribution in [0.3, 0.4) is 0 Å². The molecule has 3 rings (SSSR count). The van der Waals surface area contributed by atoms with Gasteiger partial charge in [0.2, 0.25) is 5.43 Å². The van der Waals surface area contributed by atoms with Crippen molar-refractivity contribution in [3.8, 4) is 5.75 Å². The number of benzene rings is 1. The van der Waals surface area contributed by atoms with Crippen molar-refractivity contribution < 1.29 is 27.8 Å². The van der Waals surface area contributed by atoms with E-state index in [1.165, 1.54) is 0 Å². The molecule has 0 amide bonds. The van der Waals surface area contributed by atoms with Gasteiger partial charge in [0.1, 0.15) is 6.17 Å². The molecule has 8 heteroatoms. The quantitative estimate of drug-likeness (QED) is 0.836. The summed E-state index contributed by atoms with van der Waals surface area (Å²) >= 11 is 0. The third-order valence-corrected chi connectivity index (χ3v) is 3.35. The highest BCUT2D eigenvalue weighted by Crippen LogP contribution is 2.46. The monoisotopic (exact) mass is 299 g/mol. The smallest absolute Gasteiger partial charge is 0.449 e. The lowest BCUT2D eigenvalue weighted by Gasteiger charge is -2.09. The standard InChI is InChI=1S/C13H8F3NO4/c14-6-1-4(6)9-10(16)7(15)2-5-11(9)17-3-8(12(5)18)21-13(19)20/h2-4,6H,1H2,(H,17,18)(H,19,20)/t4-,6+/m1/s1. The van der Waals surface area contributed by atoms with Gasteiger partial charge in [-0.25, -0.2) is 18.0 Å². The molecule has 1 fully saturated rings. The van der Waals surface area contributed by atoms with Gasteiger partial charge in [-0.3, -0.25) is 4.79 Å². The molecule has 2 atom stereocenters. The summed E-state index contributed by atoms with van der Waals surface area (Å²) in [7, 11) is 0. The number of hydrogen-bond donors (Lipinski definition) is 2. The maximum absolute atomic E-state index is 13.8. The third-order valence-electron chi connectivity index (χ3n) is 3.35. The lowest BCUT2D eigenvalue weighted by molar-refractivity contribution is 0.144. The summed E-state index contributed by atoms with van der Waals surface area (Å²) in [5, 5.41) is 8.20. The van der Waals surface area contributed by atoms with Crippen LogP contribution in [0, 0.1) is 11.6 Å². The van der Waals surface area contributed by atoms with E-state index in [9.17, 15) is 22.8 Å². The zero-order valence-corrected chi connectivity index (χ0v) is 10.3. The zero-order valence-electron chi connectivity index (χ0n) is 10.3. The highest BCUT2D eigenvalue weighted by Gasteiger charge is 2.42. The second-order valence-electron chi connectivity index (χ2n) is 4.72. The first kappa shape index (κ1) is 13.5. The molecule has 1 aromatic heterocycles. The highest BCUT2D eigenvalue weighted by molar-refractivity contribution is 5.84. The normalized spacial score (nSPS) is 20.5. The van der Waals surface area contributed by atoms with E-state index in [0.717, 1.165) is 6.20 Å². The van der Waals surface area contributed by atoms with Gasteiger partial charge in [-0.05, 0) is 12.5 Å². The van der Waals surface area contributed by atoms with Gasteiger partial charge in [-0.15, -0.1) is 0 Å². The Hall–Kier alpha value is -2.51. The molecule has 1 saturated carbocycles. The Labute approximate surface area is 115 Å². The molecule has 110 valence electrons. The van der Waals surface area contributed by atoms with E-state index in [0.29, 0.717) is 6.07 Å². The Balaban J connectivity index is 2.28. The number of pyridine rings is 1. The van der Waals surface area contributed by atoms with Crippen LogP contribution in [-0.4, -0.2) is 22.4 Å². The summed E-state index contributed by atoms with van der Waals surface area (Å²) in [6.45, 7) is 0. The molecule has 1 aromatic carbocycles. The number of ether oxygens (including phenoxy) is 1. The van der Waals surface area contributed by atoms with Crippen LogP contribution >= 0.6 is 0 Å². The number of rotatable bonds is 2. The van der Waals surface area contributed by atoms with Gasteiger partial charge in [0.25, 0.3) is 0 Å². The predicted molar refractivity (Wildman–Crippen MR) is 65.4 cm³/mol. The van der Waals surface area contributed by atoms with Crippen molar-refractivity contribution in [2.24, 2.45) is 0 Å². The van der Waals surface area contributed by atoms with Gasteiger partial charge >= 0.3 is 6.16 Å². The zero-order chi connectivity index (χ0) is 15.3. The topological polar surface area (TPSA) is 79.4 Å². The largest absolute Gasteiger partial charge is 0.511 e. The van der Waals surface area contributed by atoms with Gasteiger partial charge in [-0.1, -0.05) is 0 Å². The minimum Gasteiger partial charge on any atom is -0.449 e. The Bertz CT molecular complexity index is 817. The minimum absolute atomic E-state index is 0.0465. The molecule has 0 bridgehead atoms. The van der Waals surface area contributed by atoms with E-state index in [-0.39, 0.29) is 22.9 Å². The van der Waals surface area contributed by atoms with Gasteiger partial charge in [-0.2, -0.15) is 0 Å². The number of alkyl halides is 1. The first-order valence-electron chi connectivity index (χ1n) is 5.98. The second-order valence-corrected chi connectivity index (χ2v) is 4.72. The molecule has 0 aliphatic heterocycles. The van der Waals surface area contributed by atoms with Crippen molar-refractivity contribution in [2.45, 2.75) is 18.5 Å². The average Bonchev–Trinajstić information content (AvgIpc) is 3.12. The van der Waals surface area contributed by atoms with Gasteiger partial charge in [0.15, 0.2) is 17.4 Å². The Morgan fingerprint density at radius 3 is 2.67 bits per heavy atom. The number of hydrogen-bond acceptors (Lipinski definition) is 3. The van der Waals surface area contributed by atoms with Crippen LogP contribution in [0.5, 0.6) is 5.75 Å². The summed E-state index contributed by atoms with van der Waals surface area (Å²) in [5.41, 5.74) is -1.21. The van der Waals surface area contributed by atoms with Crippen LogP contribution in [0.1, 0.15) is 17.9 Å². The summed E-state index contributed by atoms with van der Waals surface area (Å²) < 4.78 is 44.9. The SMILES string of the molecule is O=C(O)Oc1c[nH]c2c([C@@H]3C[C@@H]3F)c(F)c(F)cc2c1=O. The summed E-state index contributed by atoms with van der Waals surface area (Å²) in [4.78, 5) is 24.9. The predicted octanol–water partition coefficient (Wildman–Crippen LogP) is 2.69. The Morgan fingerprint density at radius 1 is 1.43 bits per heavy atom. The number of fused-ring (bicyclic) bond motifs is 1. The summed E-state index contributed by atoms with van der Waals surface area (Å²) in [6, 6.07) is 0.636. The molecule has 0 spiro atoms. The van der Waals surface area contributed by atoms with Crippen molar-refractivity contribution in [2.75, 3.05) is 0 Å². The number of halogens is 3. The fraction of sp³-hybridized carbons (Fsp3) is 0.231. The summed E-state index contributed by atoms with van der Waals surface area (Å²) in [5.74, 6) is -3.89. The van der Waals surface area contributed by atoms with Gasteiger partial charge in [0.05, 0.1) is 10.9 Å². The number of aromatic nitrogens is 1. The number of aromatic amines is 1. The molecular formula is C13H8F3NO4. The van der Waals surface area contributed by atoms with E-state index >= 15 is 0 Å². The van der Waals surface area contributed by atoms with Crippen molar-refractivity contribution in [1.29, 1.82) is 0 Å². The van der Waals surface area contributed by atoms with Crippen LogP contribution in [0.25, 0.3) is 10.9 Å². The Morgan fingerprint density at radius 2 is 2.10 bits per heavy atom. The average molecular weight is 299 g/mol. The maximum atomic E-state index is 13.8. The van der Waals surface area contributed by atoms with Gasteiger partial charge in [0, 0.05) is 17.7 Å². The molecule has 0 saturated heterocycles. The molecule has 5 nitrogen and oxygen atoms in total. The summed E-state index contributed by atoms with van der Waals surface area (Å²) in [6.07, 6.45) is -2.03. The molecule has 1 aliphatic rings. The first-order valence-corrected chi connectivity index (χ1v) is 5.98. The van der Waals surface area contributed by atoms with Crippen molar-refractivity contribution >= 4 is 17.1 Å². The van der Waals surface area contributed by atoms with E-state index in [1.54, 1.807) is 0 Å². The Kier molecular flexibility index (Phi) is 2.89. The molecular weight excluding hydrogens is 291 g/mol. The van der Waals surface area contributed by atoms with Crippen LogP contribution in [0.15, 0.2) is 17.1 Å². The lowest BCUT2D eigenvalue weighted by Crippen LogP contribution is -2.14. The molecule has 0 unspecified atom stereocenters. The molecule has 1 aliphatic carbocycles. The third kappa shape index (κ3) is 2.12. The fourth-order valence-electron chi connectivity index (χ4n) is 2.30. The second kappa shape index (κ2) is 4.51. The number of H-pyrrole nitrogens is 1. The van der Waals surface area contributed by atoms with Crippen LogP contribution in [0.4, 0.5) is 18.0 Å². The van der Waals surface area contributed by atoms with E-state index < -0.39 is 41.1 Å². The van der Waals surface area contributed by atoms with Gasteiger partial charge < -0.3 is 14.8 Å². The van der Waals surface area contributed by atoms with Crippen LogP contribution in [-0.2, 0) is 0 Å². The first-order chi connectivity index (χ1) is 9.90. The van der Waals surface area contributed by atoms with Crippen LogP contribution in [0.2, 0.25) is 0 Å². The molecule has 0 radical (unpaired) electrons. The fourth-order valence-corrected chi connectivity index (χ4v) is 2.30. The molecule has 1 heterocycles. The lowest BCUT2D eigenvalue weighted by atomic mass is 10.0. The van der Waals surface area contributed by atoms with E-state index in [2.05, 4.69) is 9.72 Å². The van der Waals surface area contributed by atoms with E-state index in [1.807, 2.05) is 0 Å². The van der Waals surface area contributed by atoms with E-state index in [4.69, 9.17) is 5.11 Å². The number of carbonyl (C=O) groups is 1. The maximum Gasteiger partial charge on any atom is 0.511 e. The minimum atomic E-state index is -1.71. The van der Waals surface area contributed by atoms with Crippen molar-refractivity contribution in [1.82, 2.24) is 4.98 Å². The molecule has 21 heavy (non-hydrogen) atoms. The number of nitrogens with one attached hydrogen (secondary N) is 1. The molecule has 2 aromatic rings. The number of carboxylic acid groups (broad SMARTS) is 1. The van der Waals surface area contributed by atoms with Crippen molar-refractivity contribution in [3.05, 3.63) is 39.7 Å². The highest BCUT2D eigenvalue weighted by atomic mass is 19.2.